The summed E-state index contributed by atoms with van der Waals surface area (Å²) in [4.78, 5) is 15.4. The van der Waals surface area contributed by atoms with Gasteiger partial charge in [0.05, 0.1) is 12.3 Å². The van der Waals surface area contributed by atoms with Gasteiger partial charge in [-0.3, -0.25) is 5.41 Å². The Kier molecular flexibility index (Phi) is 3.10. The van der Waals surface area contributed by atoms with Gasteiger partial charge < -0.3 is 9.64 Å². The van der Waals surface area contributed by atoms with Gasteiger partial charge in [-0.2, -0.15) is 4.99 Å². The van der Waals surface area contributed by atoms with E-state index in [1.54, 1.807) is 12.1 Å². The minimum absolute atomic E-state index is 0.342. The lowest BCUT2D eigenvalue weighted by atomic mass is 10.2. The third-order valence-electron chi connectivity index (χ3n) is 2.36. The minimum Gasteiger partial charge on any atom is -0.372 e. The largest absolute Gasteiger partial charge is 0.372 e. The van der Waals surface area contributed by atoms with E-state index in [1.807, 2.05) is 17.0 Å². The van der Waals surface area contributed by atoms with Gasteiger partial charge in [-0.15, -0.1) is 0 Å². The molecule has 5 heteroatoms. The molecule has 1 aliphatic rings. The van der Waals surface area contributed by atoms with Gasteiger partial charge in [0.1, 0.15) is 12.4 Å². The Balaban J connectivity index is 2.20. The van der Waals surface area contributed by atoms with Crippen LogP contribution in [0.1, 0.15) is 0 Å². The highest BCUT2D eigenvalue weighted by atomic mass is 16.5. The summed E-state index contributed by atoms with van der Waals surface area (Å²) in [5.74, 6) is 0.442. The van der Waals surface area contributed by atoms with E-state index in [4.69, 9.17) is 10.1 Å². The number of isocyanates is 1. The maximum Gasteiger partial charge on any atom is 0.240 e. The van der Waals surface area contributed by atoms with E-state index < -0.39 is 0 Å². The van der Waals surface area contributed by atoms with Crippen LogP contribution in [0.25, 0.3) is 0 Å². The summed E-state index contributed by atoms with van der Waals surface area (Å²) >= 11 is 0. The van der Waals surface area contributed by atoms with Gasteiger partial charge in [0.25, 0.3) is 0 Å². The molecule has 0 bridgehead atoms. The number of hydrogen-bond donors (Lipinski definition) is 1. The molecule has 0 amide bonds. The standard InChI is InChI=1S/C11H11N3O2/c12-11-7-16-6-5-14(11)10-3-1-9(2-4-10)13-8-15/h1-4,12H,5-7H2. The fraction of sp³-hybridized carbons (Fsp3) is 0.273. The minimum atomic E-state index is 0.342. The van der Waals surface area contributed by atoms with Gasteiger partial charge in [0.2, 0.25) is 6.08 Å². The van der Waals surface area contributed by atoms with Crippen LogP contribution in [0.15, 0.2) is 29.3 Å². The number of amidine groups is 1. The highest BCUT2D eigenvalue weighted by Gasteiger charge is 2.16. The van der Waals surface area contributed by atoms with Crippen molar-refractivity contribution >= 4 is 23.3 Å². The zero-order valence-corrected chi connectivity index (χ0v) is 8.64. The summed E-state index contributed by atoms with van der Waals surface area (Å²) in [5, 5.41) is 7.73. The Morgan fingerprint density at radius 2 is 2.12 bits per heavy atom. The molecule has 0 aliphatic carbocycles. The molecule has 1 saturated heterocycles. The van der Waals surface area contributed by atoms with E-state index in [0.29, 0.717) is 31.3 Å². The summed E-state index contributed by atoms with van der Waals surface area (Å²) in [6.45, 7) is 1.64. The molecule has 5 nitrogen and oxygen atoms in total. The zero-order chi connectivity index (χ0) is 11.4. The number of aliphatic imine (C=N–C) groups is 1. The molecule has 1 N–H and O–H groups in total. The molecular formula is C11H11N3O2. The normalized spacial score (nSPS) is 15.8. The molecule has 1 aromatic rings. The van der Waals surface area contributed by atoms with Crippen LogP contribution < -0.4 is 4.90 Å². The number of carbonyl (C=O) groups excluding carboxylic acids is 1. The molecule has 0 aromatic heterocycles. The molecule has 0 unspecified atom stereocenters. The second-order valence-corrected chi connectivity index (χ2v) is 3.37. The third kappa shape index (κ3) is 2.16. The lowest BCUT2D eigenvalue weighted by Crippen LogP contribution is -2.41. The maximum absolute atomic E-state index is 10.1. The quantitative estimate of drug-likeness (QED) is 0.602. The van der Waals surface area contributed by atoms with Gasteiger partial charge in [0.15, 0.2) is 0 Å². The average molecular weight is 217 g/mol. The number of ether oxygens (including phenoxy) is 1. The second kappa shape index (κ2) is 4.70. The lowest BCUT2D eigenvalue weighted by molar-refractivity contribution is 0.166. The van der Waals surface area contributed by atoms with Crippen molar-refractivity contribution in [1.29, 1.82) is 5.41 Å². The molecule has 0 saturated carbocycles. The highest BCUT2D eigenvalue weighted by molar-refractivity contribution is 5.97. The number of hydrogen-bond acceptors (Lipinski definition) is 4. The van der Waals surface area contributed by atoms with E-state index in [1.165, 1.54) is 6.08 Å². The monoisotopic (exact) mass is 217 g/mol. The van der Waals surface area contributed by atoms with E-state index in [-0.39, 0.29) is 0 Å². The number of morpholine rings is 1. The first-order chi connectivity index (χ1) is 7.81. The van der Waals surface area contributed by atoms with Gasteiger partial charge in [0, 0.05) is 12.2 Å². The Bertz CT molecular complexity index is 435. The van der Waals surface area contributed by atoms with Crippen LogP contribution in [0.2, 0.25) is 0 Å². The van der Waals surface area contributed by atoms with Crippen LogP contribution in [-0.4, -0.2) is 31.7 Å². The SMILES string of the molecule is N=C1COCCN1c1ccc(N=C=O)cc1. The summed E-state index contributed by atoms with van der Waals surface area (Å²) in [5.41, 5.74) is 1.48. The first-order valence-corrected chi connectivity index (χ1v) is 4.92. The smallest absolute Gasteiger partial charge is 0.240 e. The molecule has 16 heavy (non-hydrogen) atoms. The Morgan fingerprint density at radius 1 is 1.38 bits per heavy atom. The van der Waals surface area contributed by atoms with Gasteiger partial charge >= 0.3 is 0 Å². The molecule has 1 heterocycles. The van der Waals surface area contributed by atoms with Crippen molar-refractivity contribution < 1.29 is 9.53 Å². The first kappa shape index (κ1) is 10.5. The summed E-state index contributed by atoms with van der Waals surface area (Å²) < 4.78 is 5.16. The fourth-order valence-electron chi connectivity index (χ4n) is 1.58. The molecule has 0 spiro atoms. The average Bonchev–Trinajstić information content (AvgIpc) is 2.31. The number of nitrogens with one attached hydrogen (secondary N) is 1. The van der Waals surface area contributed by atoms with Crippen LogP contribution in [0.4, 0.5) is 11.4 Å². The Labute approximate surface area is 92.9 Å². The van der Waals surface area contributed by atoms with Crippen molar-refractivity contribution in [3.8, 4) is 0 Å². The van der Waals surface area contributed by atoms with Gasteiger partial charge in [-0.25, -0.2) is 4.79 Å². The summed E-state index contributed by atoms with van der Waals surface area (Å²) in [6.07, 6.45) is 1.49. The van der Waals surface area contributed by atoms with E-state index in [0.717, 1.165) is 5.69 Å². The molecule has 2 rings (SSSR count). The lowest BCUT2D eigenvalue weighted by Gasteiger charge is -2.29. The number of anilines is 1. The third-order valence-corrected chi connectivity index (χ3v) is 2.36. The van der Waals surface area contributed by atoms with Gasteiger partial charge in [-0.1, -0.05) is 0 Å². The number of nitrogens with zero attached hydrogens (tertiary/aromatic N) is 2. The first-order valence-electron chi connectivity index (χ1n) is 4.92. The van der Waals surface area contributed by atoms with Crippen molar-refractivity contribution in [2.24, 2.45) is 4.99 Å². The van der Waals surface area contributed by atoms with E-state index in [9.17, 15) is 4.79 Å². The van der Waals surface area contributed by atoms with Crippen molar-refractivity contribution in [1.82, 2.24) is 0 Å². The van der Waals surface area contributed by atoms with Crippen LogP contribution in [-0.2, 0) is 9.53 Å². The van der Waals surface area contributed by atoms with E-state index in [2.05, 4.69) is 4.99 Å². The topological polar surface area (TPSA) is 65.8 Å². The number of benzene rings is 1. The second-order valence-electron chi connectivity index (χ2n) is 3.37. The molecular weight excluding hydrogens is 206 g/mol. The zero-order valence-electron chi connectivity index (χ0n) is 8.64. The van der Waals surface area contributed by atoms with Crippen molar-refractivity contribution in [2.45, 2.75) is 0 Å². The predicted octanol–water partition coefficient (Wildman–Crippen LogP) is 1.47. The van der Waals surface area contributed by atoms with Crippen LogP contribution in [0, 0.1) is 5.41 Å². The predicted molar refractivity (Wildman–Crippen MR) is 60.1 cm³/mol. The van der Waals surface area contributed by atoms with Crippen molar-refractivity contribution in [2.75, 3.05) is 24.7 Å². The number of rotatable bonds is 2. The molecule has 0 radical (unpaired) electrons. The fourth-order valence-corrected chi connectivity index (χ4v) is 1.58. The highest BCUT2D eigenvalue weighted by Crippen LogP contribution is 2.20. The van der Waals surface area contributed by atoms with Crippen molar-refractivity contribution in [3.63, 3.8) is 0 Å². The maximum atomic E-state index is 10.1. The van der Waals surface area contributed by atoms with Crippen LogP contribution >= 0.6 is 0 Å². The van der Waals surface area contributed by atoms with Crippen LogP contribution in [0.3, 0.4) is 0 Å². The molecule has 1 aliphatic heterocycles. The Morgan fingerprint density at radius 3 is 2.75 bits per heavy atom. The summed E-state index contributed by atoms with van der Waals surface area (Å²) in [7, 11) is 0. The molecule has 82 valence electrons. The summed E-state index contributed by atoms with van der Waals surface area (Å²) in [6, 6.07) is 7.11. The van der Waals surface area contributed by atoms with Crippen LogP contribution in [0.5, 0.6) is 0 Å². The van der Waals surface area contributed by atoms with Crippen molar-refractivity contribution in [3.05, 3.63) is 24.3 Å². The molecule has 0 atom stereocenters. The van der Waals surface area contributed by atoms with Gasteiger partial charge in [-0.05, 0) is 24.3 Å². The Hall–Kier alpha value is -1.97. The van der Waals surface area contributed by atoms with E-state index >= 15 is 0 Å². The molecule has 1 fully saturated rings. The molecule has 1 aromatic carbocycles.